The first-order valence-electron chi connectivity index (χ1n) is 8.11. The quantitative estimate of drug-likeness (QED) is 0.809. The van der Waals surface area contributed by atoms with Crippen LogP contribution in [-0.4, -0.2) is 48.1 Å². The van der Waals surface area contributed by atoms with Gasteiger partial charge in [-0.05, 0) is 19.9 Å². The van der Waals surface area contributed by atoms with Crippen molar-refractivity contribution in [1.82, 2.24) is 14.9 Å². The molecule has 1 heterocycles. The van der Waals surface area contributed by atoms with Crippen molar-refractivity contribution in [2.45, 2.75) is 51.5 Å². The second kappa shape index (κ2) is 7.59. The van der Waals surface area contributed by atoms with E-state index >= 15 is 0 Å². The molecular weight excluding hydrogens is 262 g/mol. The summed E-state index contributed by atoms with van der Waals surface area (Å²) in [5, 5.41) is 6.54. The first-order chi connectivity index (χ1) is 10.1. The maximum Gasteiger partial charge on any atom is 0.135 e. The average molecular weight is 291 g/mol. The van der Waals surface area contributed by atoms with Crippen LogP contribution in [0.2, 0.25) is 0 Å². The van der Waals surface area contributed by atoms with Crippen molar-refractivity contribution in [3.05, 3.63) is 11.9 Å². The molecule has 0 saturated heterocycles. The topological polar surface area (TPSA) is 53.1 Å². The number of nitrogens with zero attached hydrogens (tertiary/aromatic N) is 3. The fraction of sp³-hybridized carbons (Fsp3) is 0.750. The fourth-order valence-corrected chi connectivity index (χ4v) is 2.83. The van der Waals surface area contributed by atoms with Crippen LogP contribution in [-0.2, 0) is 0 Å². The third-order valence-electron chi connectivity index (χ3n) is 4.23. The Balaban J connectivity index is 1.88. The van der Waals surface area contributed by atoms with Gasteiger partial charge in [0.2, 0.25) is 0 Å². The molecule has 2 rings (SSSR count). The Morgan fingerprint density at radius 3 is 2.52 bits per heavy atom. The van der Waals surface area contributed by atoms with Crippen LogP contribution in [0.5, 0.6) is 0 Å². The normalized spacial score (nSPS) is 15.9. The summed E-state index contributed by atoms with van der Waals surface area (Å²) in [5.41, 5.74) is 0. The Morgan fingerprint density at radius 1 is 1.24 bits per heavy atom. The molecular formula is C16H29N5. The van der Waals surface area contributed by atoms with Gasteiger partial charge in [-0.25, -0.2) is 9.97 Å². The van der Waals surface area contributed by atoms with Gasteiger partial charge in [-0.1, -0.05) is 26.7 Å². The third-order valence-corrected chi connectivity index (χ3v) is 4.23. The van der Waals surface area contributed by atoms with Crippen molar-refractivity contribution >= 4 is 11.6 Å². The number of hydrogen-bond acceptors (Lipinski definition) is 5. The number of aromatic nitrogens is 2. The van der Waals surface area contributed by atoms with E-state index in [9.17, 15) is 0 Å². The summed E-state index contributed by atoms with van der Waals surface area (Å²) in [6, 6.07) is 2.75. The predicted molar refractivity (Wildman–Crippen MR) is 89.0 cm³/mol. The molecule has 0 aromatic carbocycles. The summed E-state index contributed by atoms with van der Waals surface area (Å²) in [6.07, 6.45) is 5.48. The van der Waals surface area contributed by atoms with E-state index in [-0.39, 0.29) is 0 Å². The van der Waals surface area contributed by atoms with Gasteiger partial charge in [0.1, 0.15) is 17.5 Å². The van der Waals surface area contributed by atoms with Crippen LogP contribution >= 0.6 is 0 Å². The van der Waals surface area contributed by atoms with Crippen LogP contribution in [0.15, 0.2) is 6.07 Å². The van der Waals surface area contributed by atoms with Crippen LogP contribution in [0.25, 0.3) is 0 Å². The van der Waals surface area contributed by atoms with E-state index in [1.807, 2.05) is 13.1 Å². The molecule has 1 fully saturated rings. The fourth-order valence-electron chi connectivity index (χ4n) is 2.83. The van der Waals surface area contributed by atoms with Crippen LogP contribution in [0.3, 0.4) is 0 Å². The Kier molecular flexibility index (Phi) is 5.79. The maximum atomic E-state index is 4.59. The highest BCUT2D eigenvalue weighted by Gasteiger charge is 2.18. The molecule has 0 radical (unpaired) electrons. The minimum Gasteiger partial charge on any atom is -0.373 e. The molecule has 0 amide bonds. The lowest BCUT2D eigenvalue weighted by molar-refractivity contribution is 0.254. The SMILES string of the molecule is CNc1cc(NCCN(C)C2CCCC2)nc(C(C)C)n1. The molecule has 2 N–H and O–H groups in total. The highest BCUT2D eigenvalue weighted by molar-refractivity contribution is 5.47. The van der Waals surface area contributed by atoms with Crippen molar-refractivity contribution < 1.29 is 0 Å². The lowest BCUT2D eigenvalue weighted by Crippen LogP contribution is -2.33. The van der Waals surface area contributed by atoms with Crippen molar-refractivity contribution in [3.8, 4) is 0 Å². The Hall–Kier alpha value is -1.36. The predicted octanol–water partition coefficient (Wildman–Crippen LogP) is 2.93. The summed E-state index contributed by atoms with van der Waals surface area (Å²) in [6.45, 7) is 6.21. The molecule has 0 atom stereocenters. The first-order valence-corrected chi connectivity index (χ1v) is 8.11. The number of hydrogen-bond donors (Lipinski definition) is 2. The summed E-state index contributed by atoms with van der Waals surface area (Å²) in [7, 11) is 4.13. The molecule has 0 aliphatic heterocycles. The van der Waals surface area contributed by atoms with E-state index in [0.29, 0.717) is 5.92 Å². The molecule has 0 unspecified atom stereocenters. The van der Waals surface area contributed by atoms with Gasteiger partial charge in [0.05, 0.1) is 0 Å². The van der Waals surface area contributed by atoms with Gasteiger partial charge >= 0.3 is 0 Å². The highest BCUT2D eigenvalue weighted by atomic mass is 15.2. The van der Waals surface area contributed by atoms with Crippen molar-refractivity contribution in [2.24, 2.45) is 0 Å². The number of likely N-dealkylation sites (N-methyl/N-ethyl adjacent to an activating group) is 1. The molecule has 1 aromatic heterocycles. The molecule has 0 spiro atoms. The molecule has 5 heteroatoms. The molecule has 1 saturated carbocycles. The molecule has 1 aliphatic rings. The largest absolute Gasteiger partial charge is 0.373 e. The van der Waals surface area contributed by atoms with E-state index in [2.05, 4.69) is 46.4 Å². The van der Waals surface area contributed by atoms with Gasteiger partial charge in [-0.3, -0.25) is 0 Å². The summed E-state index contributed by atoms with van der Waals surface area (Å²) >= 11 is 0. The van der Waals surface area contributed by atoms with Gasteiger partial charge in [-0.15, -0.1) is 0 Å². The van der Waals surface area contributed by atoms with Gasteiger partial charge in [0.15, 0.2) is 0 Å². The van der Waals surface area contributed by atoms with Gasteiger partial charge in [0, 0.05) is 38.2 Å². The van der Waals surface area contributed by atoms with Crippen molar-refractivity contribution in [3.63, 3.8) is 0 Å². The lowest BCUT2D eigenvalue weighted by atomic mass is 10.2. The minimum absolute atomic E-state index is 0.333. The van der Waals surface area contributed by atoms with Crippen LogP contribution in [0, 0.1) is 0 Å². The van der Waals surface area contributed by atoms with E-state index in [0.717, 1.165) is 36.6 Å². The van der Waals surface area contributed by atoms with Gasteiger partial charge in [-0.2, -0.15) is 0 Å². The second-order valence-corrected chi connectivity index (χ2v) is 6.25. The van der Waals surface area contributed by atoms with E-state index in [1.54, 1.807) is 0 Å². The average Bonchev–Trinajstić information content (AvgIpc) is 3.01. The molecule has 118 valence electrons. The van der Waals surface area contributed by atoms with Crippen LogP contribution < -0.4 is 10.6 Å². The zero-order valence-electron chi connectivity index (χ0n) is 13.8. The third kappa shape index (κ3) is 4.56. The Labute approximate surface area is 128 Å². The lowest BCUT2D eigenvalue weighted by Gasteiger charge is -2.24. The molecule has 1 aromatic rings. The van der Waals surface area contributed by atoms with Crippen molar-refractivity contribution in [1.29, 1.82) is 0 Å². The highest BCUT2D eigenvalue weighted by Crippen LogP contribution is 2.22. The number of anilines is 2. The van der Waals surface area contributed by atoms with E-state index in [4.69, 9.17) is 0 Å². The van der Waals surface area contributed by atoms with Crippen molar-refractivity contribution in [2.75, 3.05) is 37.8 Å². The zero-order chi connectivity index (χ0) is 15.2. The standard InChI is InChI=1S/C16H29N5/c1-12(2)16-19-14(17-3)11-15(20-16)18-9-10-21(4)13-7-5-6-8-13/h11-13H,5-10H2,1-4H3,(H2,17,18,19,20). The molecule has 1 aliphatic carbocycles. The van der Waals surface area contributed by atoms with Gasteiger partial charge < -0.3 is 15.5 Å². The second-order valence-electron chi connectivity index (χ2n) is 6.25. The smallest absolute Gasteiger partial charge is 0.135 e. The van der Waals surface area contributed by atoms with Crippen LogP contribution in [0.4, 0.5) is 11.6 Å². The first kappa shape index (κ1) is 16.0. The maximum absolute atomic E-state index is 4.59. The summed E-state index contributed by atoms with van der Waals surface area (Å²) in [4.78, 5) is 11.6. The molecule has 21 heavy (non-hydrogen) atoms. The minimum atomic E-state index is 0.333. The molecule has 0 bridgehead atoms. The monoisotopic (exact) mass is 291 g/mol. The Bertz CT molecular complexity index is 440. The van der Waals surface area contributed by atoms with E-state index < -0.39 is 0 Å². The Morgan fingerprint density at radius 2 is 1.90 bits per heavy atom. The summed E-state index contributed by atoms with van der Waals surface area (Å²) < 4.78 is 0. The molecule has 5 nitrogen and oxygen atoms in total. The van der Waals surface area contributed by atoms with Gasteiger partial charge in [0.25, 0.3) is 0 Å². The van der Waals surface area contributed by atoms with E-state index in [1.165, 1.54) is 25.7 Å². The summed E-state index contributed by atoms with van der Waals surface area (Å²) in [5.74, 6) is 3.01. The number of nitrogens with one attached hydrogen (secondary N) is 2. The zero-order valence-corrected chi connectivity index (χ0v) is 13.8. The van der Waals surface area contributed by atoms with Crippen LogP contribution in [0.1, 0.15) is 51.3 Å². The number of rotatable bonds is 7.